The standard InChI is InChI=1S/C16H16FNO/c1-12(13-6-3-2-4-7-13)10-16(19)18-15-9-5-8-14(17)11-15/h2-9,11-12H,10H2,1H3,(H,18,19). The summed E-state index contributed by atoms with van der Waals surface area (Å²) in [6, 6.07) is 15.8. The largest absolute Gasteiger partial charge is 0.326 e. The van der Waals surface area contributed by atoms with Gasteiger partial charge in [-0.05, 0) is 29.7 Å². The van der Waals surface area contributed by atoms with Crippen LogP contribution in [0.5, 0.6) is 0 Å². The van der Waals surface area contributed by atoms with Crippen LogP contribution in [0.1, 0.15) is 24.8 Å². The van der Waals surface area contributed by atoms with Gasteiger partial charge < -0.3 is 5.32 Å². The summed E-state index contributed by atoms with van der Waals surface area (Å²) in [5, 5.41) is 2.70. The van der Waals surface area contributed by atoms with Crippen LogP contribution in [0, 0.1) is 5.82 Å². The van der Waals surface area contributed by atoms with Gasteiger partial charge in [-0.15, -0.1) is 0 Å². The highest BCUT2D eigenvalue weighted by molar-refractivity contribution is 5.91. The molecule has 1 atom stereocenters. The van der Waals surface area contributed by atoms with Gasteiger partial charge >= 0.3 is 0 Å². The summed E-state index contributed by atoms with van der Waals surface area (Å²) in [4.78, 5) is 11.9. The smallest absolute Gasteiger partial charge is 0.224 e. The number of nitrogens with one attached hydrogen (secondary N) is 1. The summed E-state index contributed by atoms with van der Waals surface area (Å²) in [7, 11) is 0. The Morgan fingerprint density at radius 1 is 1.16 bits per heavy atom. The lowest BCUT2D eigenvalue weighted by Crippen LogP contribution is -2.14. The van der Waals surface area contributed by atoms with Crippen LogP contribution >= 0.6 is 0 Å². The summed E-state index contributed by atoms with van der Waals surface area (Å²) in [6.07, 6.45) is 0.376. The molecular weight excluding hydrogens is 241 g/mol. The lowest BCUT2D eigenvalue weighted by atomic mass is 9.97. The summed E-state index contributed by atoms with van der Waals surface area (Å²) >= 11 is 0. The number of anilines is 1. The van der Waals surface area contributed by atoms with Crippen molar-refractivity contribution in [2.24, 2.45) is 0 Å². The highest BCUT2D eigenvalue weighted by atomic mass is 19.1. The van der Waals surface area contributed by atoms with E-state index in [1.165, 1.54) is 12.1 Å². The monoisotopic (exact) mass is 257 g/mol. The molecule has 2 rings (SSSR count). The second-order valence-electron chi connectivity index (χ2n) is 4.57. The molecule has 0 aliphatic heterocycles. The van der Waals surface area contributed by atoms with E-state index in [1.807, 2.05) is 37.3 Å². The van der Waals surface area contributed by atoms with Gasteiger partial charge in [0.25, 0.3) is 0 Å². The highest BCUT2D eigenvalue weighted by Gasteiger charge is 2.11. The van der Waals surface area contributed by atoms with Gasteiger partial charge in [0.15, 0.2) is 0 Å². The van der Waals surface area contributed by atoms with Gasteiger partial charge in [-0.2, -0.15) is 0 Å². The van der Waals surface area contributed by atoms with Gasteiger partial charge in [0, 0.05) is 12.1 Å². The second kappa shape index (κ2) is 6.14. The van der Waals surface area contributed by atoms with Crippen molar-refractivity contribution >= 4 is 11.6 Å². The number of hydrogen-bond acceptors (Lipinski definition) is 1. The Kier molecular flexibility index (Phi) is 4.29. The summed E-state index contributed by atoms with van der Waals surface area (Å²) in [6.45, 7) is 2.00. The minimum absolute atomic E-state index is 0.109. The van der Waals surface area contributed by atoms with Crippen molar-refractivity contribution in [2.45, 2.75) is 19.3 Å². The molecule has 1 N–H and O–H groups in total. The summed E-state index contributed by atoms with van der Waals surface area (Å²) < 4.78 is 13.0. The van der Waals surface area contributed by atoms with E-state index in [0.29, 0.717) is 12.1 Å². The van der Waals surface area contributed by atoms with Crippen molar-refractivity contribution in [1.82, 2.24) is 0 Å². The fourth-order valence-corrected chi connectivity index (χ4v) is 1.96. The molecule has 0 radical (unpaired) electrons. The molecule has 0 saturated heterocycles. The Morgan fingerprint density at radius 3 is 2.58 bits per heavy atom. The van der Waals surface area contributed by atoms with Gasteiger partial charge in [-0.25, -0.2) is 4.39 Å². The molecule has 98 valence electrons. The molecule has 2 nitrogen and oxygen atoms in total. The van der Waals surface area contributed by atoms with Gasteiger partial charge in [-0.1, -0.05) is 43.3 Å². The van der Waals surface area contributed by atoms with Crippen LogP contribution in [0.2, 0.25) is 0 Å². The highest BCUT2D eigenvalue weighted by Crippen LogP contribution is 2.19. The maximum atomic E-state index is 13.0. The van der Waals surface area contributed by atoms with Crippen molar-refractivity contribution in [3.05, 3.63) is 66.0 Å². The molecule has 0 fully saturated rings. The number of amides is 1. The average molecular weight is 257 g/mol. The topological polar surface area (TPSA) is 29.1 Å². The molecule has 0 spiro atoms. The van der Waals surface area contributed by atoms with E-state index in [9.17, 15) is 9.18 Å². The minimum atomic E-state index is -0.353. The number of carbonyl (C=O) groups is 1. The van der Waals surface area contributed by atoms with E-state index in [4.69, 9.17) is 0 Å². The Labute approximate surface area is 112 Å². The third kappa shape index (κ3) is 3.91. The van der Waals surface area contributed by atoms with E-state index in [1.54, 1.807) is 12.1 Å². The quantitative estimate of drug-likeness (QED) is 0.882. The molecule has 0 heterocycles. The number of carbonyl (C=O) groups excluding carboxylic acids is 1. The molecule has 0 aliphatic rings. The van der Waals surface area contributed by atoms with Gasteiger partial charge in [0.1, 0.15) is 5.82 Å². The Morgan fingerprint density at radius 2 is 1.89 bits per heavy atom. The van der Waals surface area contributed by atoms with Crippen LogP contribution < -0.4 is 5.32 Å². The molecule has 2 aromatic carbocycles. The van der Waals surface area contributed by atoms with Gasteiger partial charge in [0.05, 0.1) is 0 Å². The fraction of sp³-hybridized carbons (Fsp3) is 0.188. The molecule has 0 saturated carbocycles. The van der Waals surface area contributed by atoms with E-state index < -0.39 is 0 Å². The van der Waals surface area contributed by atoms with Crippen LogP contribution in [-0.2, 0) is 4.79 Å². The van der Waals surface area contributed by atoms with E-state index in [-0.39, 0.29) is 17.6 Å². The Hall–Kier alpha value is -2.16. The first-order valence-corrected chi connectivity index (χ1v) is 6.25. The maximum absolute atomic E-state index is 13.0. The summed E-state index contributed by atoms with van der Waals surface area (Å²) in [5.74, 6) is -0.328. The number of rotatable bonds is 4. The van der Waals surface area contributed by atoms with Crippen LogP contribution in [0.15, 0.2) is 54.6 Å². The molecule has 0 aromatic heterocycles. The predicted molar refractivity (Wildman–Crippen MR) is 74.5 cm³/mol. The maximum Gasteiger partial charge on any atom is 0.224 e. The van der Waals surface area contributed by atoms with Crippen LogP contribution in [0.4, 0.5) is 10.1 Å². The first-order valence-electron chi connectivity index (χ1n) is 6.25. The molecule has 1 unspecified atom stereocenters. The third-order valence-electron chi connectivity index (χ3n) is 2.97. The van der Waals surface area contributed by atoms with Crippen LogP contribution in [0.25, 0.3) is 0 Å². The molecule has 3 heteroatoms. The van der Waals surface area contributed by atoms with E-state index in [0.717, 1.165) is 5.56 Å². The normalized spacial score (nSPS) is 11.9. The number of halogens is 1. The minimum Gasteiger partial charge on any atom is -0.326 e. The zero-order valence-electron chi connectivity index (χ0n) is 10.8. The predicted octanol–water partition coefficient (Wildman–Crippen LogP) is 3.96. The molecule has 2 aromatic rings. The number of benzene rings is 2. The van der Waals surface area contributed by atoms with Crippen molar-refractivity contribution in [1.29, 1.82) is 0 Å². The fourth-order valence-electron chi connectivity index (χ4n) is 1.96. The molecule has 1 amide bonds. The van der Waals surface area contributed by atoms with Crippen molar-refractivity contribution in [3.63, 3.8) is 0 Å². The third-order valence-corrected chi connectivity index (χ3v) is 2.97. The SMILES string of the molecule is CC(CC(=O)Nc1cccc(F)c1)c1ccccc1. The zero-order chi connectivity index (χ0) is 13.7. The molecular formula is C16H16FNO. The Bertz CT molecular complexity index is 554. The molecule has 19 heavy (non-hydrogen) atoms. The summed E-state index contributed by atoms with van der Waals surface area (Å²) in [5.41, 5.74) is 1.61. The van der Waals surface area contributed by atoms with Gasteiger partial charge in [-0.3, -0.25) is 4.79 Å². The van der Waals surface area contributed by atoms with Crippen LogP contribution in [0.3, 0.4) is 0 Å². The Balaban J connectivity index is 1.95. The van der Waals surface area contributed by atoms with Crippen molar-refractivity contribution in [2.75, 3.05) is 5.32 Å². The van der Waals surface area contributed by atoms with E-state index >= 15 is 0 Å². The average Bonchev–Trinajstić information content (AvgIpc) is 2.39. The second-order valence-corrected chi connectivity index (χ2v) is 4.57. The molecule has 0 bridgehead atoms. The van der Waals surface area contributed by atoms with Crippen molar-refractivity contribution < 1.29 is 9.18 Å². The first kappa shape index (κ1) is 13.3. The first-order chi connectivity index (χ1) is 9.15. The van der Waals surface area contributed by atoms with Gasteiger partial charge in [0.2, 0.25) is 5.91 Å². The molecule has 0 aliphatic carbocycles. The lowest BCUT2D eigenvalue weighted by molar-refractivity contribution is -0.116. The van der Waals surface area contributed by atoms with Crippen LogP contribution in [-0.4, -0.2) is 5.91 Å². The van der Waals surface area contributed by atoms with E-state index in [2.05, 4.69) is 5.32 Å². The lowest BCUT2D eigenvalue weighted by Gasteiger charge is -2.12. The number of hydrogen-bond donors (Lipinski definition) is 1. The van der Waals surface area contributed by atoms with Crippen molar-refractivity contribution in [3.8, 4) is 0 Å². The zero-order valence-corrected chi connectivity index (χ0v) is 10.8.